The highest BCUT2D eigenvalue weighted by atomic mass is 32.2. The summed E-state index contributed by atoms with van der Waals surface area (Å²) in [5.74, 6) is -3.45. The van der Waals surface area contributed by atoms with E-state index in [4.69, 9.17) is 14.3 Å². The maximum absolute atomic E-state index is 12.4. The summed E-state index contributed by atoms with van der Waals surface area (Å²) in [6.45, 7) is 5.36. The molecule has 2 atom stereocenters. The molecule has 2 aromatic carbocycles. The number of nitrogens with zero attached hydrogens (tertiary/aromatic N) is 3. The van der Waals surface area contributed by atoms with Gasteiger partial charge in [-0.25, -0.2) is 4.79 Å². The smallest absolute Gasteiger partial charge is 0.335 e. The average Bonchev–Trinajstić information content (AvgIpc) is 3.71. The Balaban J connectivity index is 1.63. The number of fused-ring (bicyclic) bond motifs is 2. The minimum atomic E-state index is -4.75. The highest BCUT2D eigenvalue weighted by molar-refractivity contribution is 7.86. The van der Waals surface area contributed by atoms with Crippen molar-refractivity contribution in [1.82, 2.24) is 5.06 Å². The van der Waals surface area contributed by atoms with Crippen LogP contribution in [-0.4, -0.2) is 137 Å². The van der Waals surface area contributed by atoms with Gasteiger partial charge in [0.2, 0.25) is 5.69 Å². The van der Waals surface area contributed by atoms with Crippen molar-refractivity contribution in [3.63, 3.8) is 0 Å². The average molecular weight is 991 g/mol. The predicted octanol–water partition coefficient (Wildman–Crippen LogP) is 3.14. The molecule has 0 aromatic heterocycles. The van der Waals surface area contributed by atoms with Gasteiger partial charge in [-0.2, -0.15) is 38.2 Å². The third-order valence-electron chi connectivity index (χ3n) is 11.5. The molecule has 3 heterocycles. The molecule has 25 heteroatoms. The predicted molar refractivity (Wildman–Crippen MR) is 232 cm³/mol. The quantitative estimate of drug-likeness (QED) is 0.0570. The highest BCUT2D eigenvalue weighted by Gasteiger charge is 2.49. The number of hydrogen-bond donors (Lipinski definition) is 4. The molecule has 0 aliphatic carbocycles. The first-order valence-corrected chi connectivity index (χ1v) is 26.3. The molecule has 0 saturated carbocycles. The van der Waals surface area contributed by atoms with Crippen LogP contribution in [0.2, 0.25) is 0 Å². The van der Waals surface area contributed by atoms with Crippen LogP contribution in [0.3, 0.4) is 0 Å². The first-order valence-electron chi connectivity index (χ1n) is 20.2. The number of carbonyl (C=O) groups excluding carboxylic acids is 3. The van der Waals surface area contributed by atoms with Gasteiger partial charge in [0.05, 0.1) is 46.3 Å². The van der Waals surface area contributed by atoms with E-state index in [2.05, 4.69) is 0 Å². The van der Waals surface area contributed by atoms with E-state index in [0.717, 1.165) is 0 Å². The zero-order chi connectivity index (χ0) is 48.3. The minimum absolute atomic E-state index is 0.0126. The van der Waals surface area contributed by atoms with E-state index in [1.54, 1.807) is 37.5 Å². The molecule has 2 unspecified atom stereocenters. The van der Waals surface area contributed by atoms with Gasteiger partial charge in [0.15, 0.2) is 12.3 Å². The number of amides is 2. The van der Waals surface area contributed by atoms with Gasteiger partial charge in [-0.15, -0.1) is 5.06 Å². The lowest BCUT2D eigenvalue weighted by atomic mass is 9.75. The molecule has 3 aliphatic rings. The van der Waals surface area contributed by atoms with Gasteiger partial charge < -0.3 is 19.2 Å². The van der Waals surface area contributed by atoms with Gasteiger partial charge in [0.1, 0.15) is 6.61 Å². The molecule has 0 spiro atoms. The molecule has 3 aliphatic heterocycles. The first-order chi connectivity index (χ1) is 30.1. The van der Waals surface area contributed by atoms with E-state index in [1.165, 1.54) is 43.5 Å². The highest BCUT2D eigenvalue weighted by Crippen LogP contribution is 2.52. The summed E-state index contributed by atoms with van der Waals surface area (Å²) < 4.78 is 149. The fraction of sp³-hybridized carbons (Fsp3) is 0.500. The number of anilines is 1. The Bertz CT molecular complexity index is 2770. The number of benzene rings is 2. The van der Waals surface area contributed by atoms with E-state index in [9.17, 15) is 66.3 Å². The van der Waals surface area contributed by atoms with E-state index in [1.807, 2.05) is 4.90 Å². The largest absolute Gasteiger partial charge is 0.383 e. The molecule has 0 radical (unpaired) electrons. The first kappa shape index (κ1) is 51.5. The van der Waals surface area contributed by atoms with Crippen molar-refractivity contribution < 1.29 is 85.2 Å². The summed E-state index contributed by atoms with van der Waals surface area (Å²) in [5.41, 5.74) is 0.904. The second-order valence-electron chi connectivity index (χ2n) is 16.3. The van der Waals surface area contributed by atoms with E-state index in [-0.39, 0.29) is 77.9 Å². The number of carbonyl (C=O) groups is 3. The third kappa shape index (κ3) is 12.3. The summed E-state index contributed by atoms with van der Waals surface area (Å²) in [4.78, 5) is 42.1. The topological polar surface area (TPSA) is 306 Å². The van der Waals surface area contributed by atoms with Crippen LogP contribution in [0.4, 0.5) is 11.4 Å². The van der Waals surface area contributed by atoms with Crippen LogP contribution in [0.1, 0.15) is 76.8 Å². The molecule has 4 N–H and O–H groups in total. The monoisotopic (exact) mass is 990 g/mol. The van der Waals surface area contributed by atoms with Crippen molar-refractivity contribution in [3.05, 3.63) is 70.9 Å². The standard InChI is InChI=1S/C40H51N3O18S4/c1-27(23-34-39(2,14-5-21-62(47,48)49)30-25-28(64(53,54)55)7-9-32(30)41(34)16-19-59-4)24-35-40(3,15-6-22-63(50,51)52)31-26-29(65(56,57)58)8-10-33(31)42(35)17-20-60-18-13-38(46)61-43-36(44)11-12-37(43)45/h7-10,23-26H,5-6,11-22H2,1-4H3,(H3-,47,48,49,50,51,52,53,54,55,56,57,58)/p+1. The van der Waals surface area contributed by atoms with E-state index in [0.29, 0.717) is 44.5 Å². The molecular weight excluding hydrogens is 939 g/mol. The lowest BCUT2D eigenvalue weighted by Crippen LogP contribution is -2.33. The van der Waals surface area contributed by atoms with Crippen LogP contribution in [0.25, 0.3) is 0 Å². The fourth-order valence-electron chi connectivity index (χ4n) is 8.41. The van der Waals surface area contributed by atoms with E-state index >= 15 is 0 Å². The third-order valence-corrected chi connectivity index (χ3v) is 14.8. The molecule has 1 fully saturated rings. The van der Waals surface area contributed by atoms with E-state index < -0.39 is 90.4 Å². The van der Waals surface area contributed by atoms with Crippen LogP contribution in [-0.2, 0) is 80.0 Å². The van der Waals surface area contributed by atoms with Crippen molar-refractivity contribution in [3.8, 4) is 0 Å². The van der Waals surface area contributed by atoms with Crippen LogP contribution in [0.5, 0.6) is 0 Å². The number of hydrogen-bond acceptors (Lipinski definition) is 15. The van der Waals surface area contributed by atoms with Gasteiger partial charge in [-0.05, 0) is 94.0 Å². The summed E-state index contributed by atoms with van der Waals surface area (Å²) in [6, 6.07) is 7.92. The van der Waals surface area contributed by atoms with Gasteiger partial charge in [0, 0.05) is 61.0 Å². The zero-order valence-electron chi connectivity index (χ0n) is 36.0. The number of methoxy groups -OCH3 is 1. The second-order valence-corrected chi connectivity index (χ2v) is 22.2. The minimum Gasteiger partial charge on any atom is -0.383 e. The normalized spacial score (nSPS) is 21.2. The maximum Gasteiger partial charge on any atom is 0.335 e. The number of allylic oxidation sites excluding steroid dienone is 4. The van der Waals surface area contributed by atoms with Gasteiger partial charge >= 0.3 is 5.97 Å². The lowest BCUT2D eigenvalue weighted by Gasteiger charge is -2.31. The summed E-state index contributed by atoms with van der Waals surface area (Å²) in [7, 11) is -16.8. The second kappa shape index (κ2) is 19.8. The van der Waals surface area contributed by atoms with Crippen molar-refractivity contribution in [2.45, 2.75) is 86.3 Å². The van der Waals surface area contributed by atoms with Crippen molar-refractivity contribution >= 4 is 75.3 Å². The Hall–Kier alpha value is -4.44. The van der Waals surface area contributed by atoms with Crippen LogP contribution < -0.4 is 4.90 Å². The maximum atomic E-state index is 12.4. The van der Waals surface area contributed by atoms with Gasteiger partial charge in [-0.1, -0.05) is 0 Å². The van der Waals surface area contributed by atoms with Crippen molar-refractivity contribution in [1.29, 1.82) is 0 Å². The zero-order valence-corrected chi connectivity index (χ0v) is 39.3. The number of ether oxygens (including phenoxy) is 2. The summed E-state index contributed by atoms with van der Waals surface area (Å²) in [5, 5.41) is 0.415. The van der Waals surface area contributed by atoms with Crippen molar-refractivity contribution in [2.24, 2.45) is 0 Å². The Morgan fingerprint density at radius 2 is 1.34 bits per heavy atom. The molecule has 65 heavy (non-hydrogen) atoms. The summed E-state index contributed by atoms with van der Waals surface area (Å²) >= 11 is 0. The molecule has 0 bridgehead atoms. The van der Waals surface area contributed by atoms with Crippen LogP contribution >= 0.6 is 0 Å². The molecule has 358 valence electrons. The van der Waals surface area contributed by atoms with Crippen LogP contribution in [0.15, 0.2) is 69.6 Å². The molecular formula is C40H52N3O18S4+. The molecule has 2 aromatic rings. The Labute approximate surface area is 377 Å². The lowest BCUT2D eigenvalue weighted by molar-refractivity contribution is -0.442. The SMILES string of the molecule is COCCN1/C(=C/C(C)=C/C2=[N+](CCOCCC(=O)ON3C(=O)CCC3=O)c3ccc(S(=O)(=O)O)cc3C2(C)CCCS(=O)(=O)O)C(C)(CCCS(=O)(=O)O)c2cc(S(=O)(=O)O)ccc21. The molecule has 21 nitrogen and oxygen atoms in total. The summed E-state index contributed by atoms with van der Waals surface area (Å²) in [6.07, 6.45) is 2.90. The van der Waals surface area contributed by atoms with Crippen molar-refractivity contribution in [2.75, 3.05) is 56.4 Å². The van der Waals surface area contributed by atoms with Gasteiger partial charge in [0.25, 0.3) is 52.3 Å². The van der Waals surface area contributed by atoms with Crippen LogP contribution in [0, 0.1) is 0 Å². The molecule has 5 rings (SSSR count). The fourth-order valence-corrected chi connectivity index (χ4v) is 10.4. The molecule has 1 saturated heterocycles. The molecule has 2 amide bonds. The number of hydroxylamine groups is 2. The number of rotatable bonds is 22. The van der Waals surface area contributed by atoms with Gasteiger partial charge in [-0.3, -0.25) is 27.8 Å². The Morgan fingerprint density at radius 1 is 0.785 bits per heavy atom. The Morgan fingerprint density at radius 3 is 1.89 bits per heavy atom. The number of imide groups is 1. The Kier molecular flexibility index (Phi) is 15.7.